The van der Waals surface area contributed by atoms with Crippen LogP contribution in [-0.4, -0.2) is 52.8 Å². The van der Waals surface area contributed by atoms with Crippen LogP contribution < -0.4 is 4.81 Å². The van der Waals surface area contributed by atoms with Crippen molar-refractivity contribution in [1.82, 2.24) is 9.71 Å². The van der Waals surface area contributed by atoms with E-state index in [1.165, 1.54) is 0 Å². The molecule has 0 unspecified atom stereocenters. The maximum absolute atomic E-state index is 9.88. The van der Waals surface area contributed by atoms with Crippen molar-refractivity contribution in [3.8, 4) is 5.75 Å². The van der Waals surface area contributed by atoms with E-state index >= 15 is 0 Å². The van der Waals surface area contributed by atoms with E-state index in [1.807, 2.05) is 0 Å². The van der Waals surface area contributed by atoms with Gasteiger partial charge in [-0.1, -0.05) is 34.8 Å². The molecular formula is C15H24Cl3N2O4+. The van der Waals surface area contributed by atoms with E-state index in [0.717, 1.165) is 7.05 Å². The van der Waals surface area contributed by atoms with Gasteiger partial charge in [-0.3, -0.25) is 4.90 Å². The molecule has 138 valence electrons. The summed E-state index contributed by atoms with van der Waals surface area (Å²) >= 11 is 18.0. The van der Waals surface area contributed by atoms with Crippen molar-refractivity contribution >= 4 is 40.5 Å². The van der Waals surface area contributed by atoms with Crippen molar-refractivity contribution in [3.05, 3.63) is 46.9 Å². The number of phenolic OH excluding ortho intramolecular Hbond substituents is 1. The van der Waals surface area contributed by atoms with Crippen LogP contribution in [0.4, 0.5) is 5.69 Å². The topological polar surface area (TPSA) is 84.2 Å². The predicted molar refractivity (Wildman–Crippen MR) is 100 cm³/mol. The quantitative estimate of drug-likeness (QED) is 0.338. The van der Waals surface area contributed by atoms with Crippen molar-refractivity contribution in [1.29, 1.82) is 0 Å². The average molecular weight is 403 g/mol. The Kier molecular flexibility index (Phi) is 12.4. The van der Waals surface area contributed by atoms with Gasteiger partial charge >= 0.3 is 0 Å². The largest absolute Gasteiger partial charge is 0.505 e. The summed E-state index contributed by atoms with van der Waals surface area (Å²) in [7, 11) is 2.72. The van der Waals surface area contributed by atoms with Crippen LogP contribution in [0.2, 0.25) is 15.1 Å². The zero-order valence-electron chi connectivity index (χ0n) is 13.8. The number of aliphatic hydroxyl groups excluding tert-OH is 1. The van der Waals surface area contributed by atoms with Crippen molar-refractivity contribution in [2.45, 2.75) is 6.54 Å². The number of hydrogen-bond donors (Lipinski definition) is 4. The minimum absolute atomic E-state index is 0.0601. The number of likely N-dealkylation sites (N-methyl/N-ethyl adjacent to an activating group) is 1. The molecule has 0 saturated carbocycles. The first-order valence-electron chi connectivity index (χ1n) is 6.61. The Morgan fingerprint density at radius 2 is 1.46 bits per heavy atom. The Balaban J connectivity index is 0. The molecule has 0 aliphatic heterocycles. The van der Waals surface area contributed by atoms with Gasteiger partial charge in [-0.25, -0.2) is 0 Å². The minimum Gasteiger partial charge on any atom is -0.505 e. The zero-order valence-corrected chi connectivity index (χ0v) is 16.0. The van der Waals surface area contributed by atoms with Crippen molar-refractivity contribution in [3.63, 3.8) is 0 Å². The van der Waals surface area contributed by atoms with E-state index in [4.69, 9.17) is 39.9 Å². The van der Waals surface area contributed by atoms with Gasteiger partial charge in [0.1, 0.15) is 12.1 Å². The Bertz CT molecular complexity index is 535. The molecule has 1 aromatic carbocycles. The molecule has 4 N–H and O–H groups in total. The van der Waals surface area contributed by atoms with Gasteiger partial charge in [-0.2, -0.15) is 10.4 Å². The number of hydroxylamine groups is 2. The van der Waals surface area contributed by atoms with Gasteiger partial charge in [0, 0.05) is 18.7 Å². The van der Waals surface area contributed by atoms with Gasteiger partial charge in [0.25, 0.3) is 0 Å². The maximum atomic E-state index is 9.88. The molecule has 0 heterocycles. The first kappa shape index (κ1) is 25.4. The van der Waals surface area contributed by atoms with Gasteiger partial charge < -0.3 is 10.2 Å². The summed E-state index contributed by atoms with van der Waals surface area (Å²) in [4.78, 5) is 0.0580. The SMILES string of the molecule is C=C.C=C.CN(CCO)Cc1c(Cl)c(O)c(Cl)c([N+](C)(O)O)c1Cl. The highest BCUT2D eigenvalue weighted by molar-refractivity contribution is 6.44. The highest BCUT2D eigenvalue weighted by atomic mass is 35.5. The van der Waals surface area contributed by atoms with Gasteiger partial charge in [-0.05, 0) is 11.9 Å². The molecule has 0 aliphatic carbocycles. The Morgan fingerprint density at radius 3 is 1.83 bits per heavy atom. The molecule has 0 saturated heterocycles. The molecular weight excluding hydrogens is 379 g/mol. The van der Waals surface area contributed by atoms with Crippen LogP contribution >= 0.6 is 34.8 Å². The van der Waals surface area contributed by atoms with Crippen LogP contribution in [0, 0.1) is 0 Å². The Morgan fingerprint density at radius 1 is 1.00 bits per heavy atom. The lowest BCUT2D eigenvalue weighted by molar-refractivity contribution is -0.272. The van der Waals surface area contributed by atoms with Crippen molar-refractivity contribution < 1.29 is 20.6 Å². The number of aromatic hydroxyl groups is 1. The molecule has 0 spiro atoms. The van der Waals surface area contributed by atoms with Crippen LogP contribution in [0.1, 0.15) is 5.56 Å². The second-order valence-electron chi connectivity index (χ2n) is 4.49. The summed E-state index contributed by atoms with van der Waals surface area (Å²) in [5.74, 6) is -0.479. The normalized spacial score (nSPS) is 10.5. The lowest BCUT2D eigenvalue weighted by atomic mass is 10.1. The monoisotopic (exact) mass is 401 g/mol. The number of rotatable bonds is 5. The standard InChI is InChI=1S/C11H15Cl3N2O4.2C2H4/c1-15(3-4-17)5-6-7(12)10(16(2,19)20)9(14)11(18)8(6)13;2*1-2/h17,19-20H,3-5H2,1-2H3;2*1-2H2/p+1. The smallest absolute Gasteiger partial charge is 0.240 e. The van der Waals surface area contributed by atoms with Crippen LogP contribution in [0.5, 0.6) is 5.75 Å². The third-order valence-corrected chi connectivity index (χ3v) is 3.87. The fourth-order valence-electron chi connectivity index (χ4n) is 1.72. The van der Waals surface area contributed by atoms with Gasteiger partial charge in [-0.15, -0.1) is 26.3 Å². The van der Waals surface area contributed by atoms with Gasteiger partial charge in [0.05, 0.1) is 11.6 Å². The number of halogens is 3. The number of aliphatic hydroxyl groups is 1. The van der Waals surface area contributed by atoms with Gasteiger partial charge in [0.2, 0.25) is 5.69 Å². The summed E-state index contributed by atoms with van der Waals surface area (Å²) in [6.45, 7) is 12.5. The summed E-state index contributed by atoms with van der Waals surface area (Å²) in [5.41, 5.74) is 0.0104. The highest BCUT2D eigenvalue weighted by Gasteiger charge is 2.34. The average Bonchev–Trinajstić information content (AvgIpc) is 2.52. The highest BCUT2D eigenvalue weighted by Crippen LogP contribution is 2.48. The van der Waals surface area contributed by atoms with E-state index in [-0.39, 0.29) is 39.5 Å². The van der Waals surface area contributed by atoms with Crippen LogP contribution in [0.25, 0.3) is 0 Å². The summed E-state index contributed by atoms with van der Waals surface area (Å²) in [5, 5.41) is 37.6. The lowest BCUT2D eigenvalue weighted by Gasteiger charge is -2.23. The fraction of sp³-hybridized carbons (Fsp3) is 0.333. The molecule has 0 radical (unpaired) electrons. The molecule has 0 amide bonds. The maximum Gasteiger partial charge on any atom is 0.240 e. The molecule has 1 aromatic rings. The van der Waals surface area contributed by atoms with E-state index in [1.54, 1.807) is 11.9 Å². The van der Waals surface area contributed by atoms with E-state index in [9.17, 15) is 15.5 Å². The molecule has 0 atom stereocenters. The fourth-order valence-corrected chi connectivity index (χ4v) is 2.87. The second kappa shape index (κ2) is 11.7. The third-order valence-electron chi connectivity index (χ3n) is 2.69. The molecule has 9 heteroatoms. The Hall–Kier alpha value is -0.830. The van der Waals surface area contributed by atoms with Crippen molar-refractivity contribution in [2.75, 3.05) is 27.2 Å². The molecule has 0 fully saturated rings. The summed E-state index contributed by atoms with van der Waals surface area (Å²) in [6, 6.07) is 0. The van der Waals surface area contributed by atoms with Crippen molar-refractivity contribution in [2.24, 2.45) is 0 Å². The number of quaternary nitrogens is 1. The van der Waals surface area contributed by atoms with Crippen LogP contribution in [0.15, 0.2) is 26.3 Å². The van der Waals surface area contributed by atoms with E-state index < -0.39 is 10.6 Å². The van der Waals surface area contributed by atoms with Crippen LogP contribution in [0.3, 0.4) is 0 Å². The summed E-state index contributed by atoms with van der Waals surface area (Å²) in [6.07, 6.45) is 0. The predicted octanol–water partition coefficient (Wildman–Crippen LogP) is 4.10. The second-order valence-corrected chi connectivity index (χ2v) is 5.63. The number of nitrogens with zero attached hydrogens (tertiary/aromatic N) is 2. The van der Waals surface area contributed by atoms with E-state index in [2.05, 4.69) is 26.3 Å². The minimum atomic E-state index is -1.64. The zero-order chi connectivity index (χ0) is 19.7. The Labute approximate surface area is 157 Å². The number of phenols is 1. The first-order chi connectivity index (χ1) is 11.1. The third kappa shape index (κ3) is 6.58. The molecule has 24 heavy (non-hydrogen) atoms. The molecule has 0 bridgehead atoms. The molecule has 0 aromatic heterocycles. The summed E-state index contributed by atoms with van der Waals surface area (Å²) < 4.78 is 0. The molecule has 6 nitrogen and oxygen atoms in total. The molecule has 0 aliphatic rings. The lowest BCUT2D eigenvalue weighted by Crippen LogP contribution is -2.37. The number of hydrogen-bond acceptors (Lipinski definition) is 5. The molecule has 1 rings (SSSR count). The van der Waals surface area contributed by atoms with E-state index in [0.29, 0.717) is 6.54 Å². The first-order valence-corrected chi connectivity index (χ1v) is 7.74. The number of benzene rings is 1. The van der Waals surface area contributed by atoms with Crippen LogP contribution in [-0.2, 0) is 6.54 Å². The van der Waals surface area contributed by atoms with Gasteiger partial charge in [0.15, 0.2) is 10.8 Å².